The molecule has 2 heterocycles. The molecule has 0 saturated carbocycles. The first kappa shape index (κ1) is 12.3. The Bertz CT molecular complexity index is 345. The number of nitrogens with one attached hydrogen (secondary N) is 1. The SMILES string of the molecule is CC(C)CNCc1ccnc(N2CCCC2)n1. The van der Waals surface area contributed by atoms with Gasteiger partial charge in [-0.2, -0.15) is 0 Å². The monoisotopic (exact) mass is 234 g/mol. The smallest absolute Gasteiger partial charge is 0.225 e. The first-order valence-corrected chi connectivity index (χ1v) is 6.53. The summed E-state index contributed by atoms with van der Waals surface area (Å²) in [5.41, 5.74) is 1.09. The van der Waals surface area contributed by atoms with Gasteiger partial charge in [0.1, 0.15) is 0 Å². The number of hydrogen-bond donors (Lipinski definition) is 1. The van der Waals surface area contributed by atoms with Crippen molar-refractivity contribution in [2.45, 2.75) is 33.2 Å². The van der Waals surface area contributed by atoms with Crippen molar-refractivity contribution in [3.63, 3.8) is 0 Å². The summed E-state index contributed by atoms with van der Waals surface area (Å²) < 4.78 is 0. The second-order valence-electron chi connectivity index (χ2n) is 5.07. The van der Waals surface area contributed by atoms with Crippen molar-refractivity contribution in [1.29, 1.82) is 0 Å². The van der Waals surface area contributed by atoms with E-state index in [2.05, 4.69) is 34.0 Å². The molecule has 1 N–H and O–H groups in total. The summed E-state index contributed by atoms with van der Waals surface area (Å²) in [5, 5.41) is 3.41. The van der Waals surface area contributed by atoms with Crippen LogP contribution < -0.4 is 10.2 Å². The third kappa shape index (κ3) is 3.66. The van der Waals surface area contributed by atoms with Gasteiger partial charge in [-0.3, -0.25) is 0 Å². The largest absolute Gasteiger partial charge is 0.341 e. The van der Waals surface area contributed by atoms with Gasteiger partial charge in [-0.15, -0.1) is 0 Å². The quantitative estimate of drug-likeness (QED) is 0.844. The summed E-state index contributed by atoms with van der Waals surface area (Å²) in [6, 6.07) is 1.99. The fraction of sp³-hybridized carbons (Fsp3) is 0.692. The fourth-order valence-electron chi connectivity index (χ4n) is 2.04. The van der Waals surface area contributed by atoms with Crippen LogP contribution in [0.1, 0.15) is 32.4 Å². The van der Waals surface area contributed by atoms with Crippen molar-refractivity contribution in [1.82, 2.24) is 15.3 Å². The van der Waals surface area contributed by atoms with Gasteiger partial charge in [-0.05, 0) is 31.4 Å². The molecule has 94 valence electrons. The molecule has 0 spiro atoms. The Labute approximate surface area is 103 Å². The van der Waals surface area contributed by atoms with Crippen molar-refractivity contribution in [3.8, 4) is 0 Å². The Hall–Kier alpha value is -1.16. The maximum Gasteiger partial charge on any atom is 0.225 e. The molecule has 1 aliphatic heterocycles. The molecule has 0 unspecified atom stereocenters. The standard InChI is InChI=1S/C13H22N4/c1-11(2)9-14-10-12-5-6-15-13(16-12)17-7-3-4-8-17/h5-6,11,14H,3-4,7-10H2,1-2H3. The first-order valence-electron chi connectivity index (χ1n) is 6.53. The van der Waals surface area contributed by atoms with E-state index in [4.69, 9.17) is 0 Å². The lowest BCUT2D eigenvalue weighted by Gasteiger charge is -2.15. The topological polar surface area (TPSA) is 41.1 Å². The number of nitrogens with zero attached hydrogens (tertiary/aromatic N) is 3. The van der Waals surface area contributed by atoms with Crippen LogP contribution in [0.15, 0.2) is 12.3 Å². The molecule has 0 amide bonds. The van der Waals surface area contributed by atoms with Crippen molar-refractivity contribution in [2.75, 3.05) is 24.5 Å². The van der Waals surface area contributed by atoms with Gasteiger partial charge < -0.3 is 10.2 Å². The van der Waals surface area contributed by atoms with E-state index in [1.807, 2.05) is 12.3 Å². The zero-order chi connectivity index (χ0) is 12.1. The highest BCUT2D eigenvalue weighted by Gasteiger charge is 2.14. The van der Waals surface area contributed by atoms with Crippen LogP contribution in [0.4, 0.5) is 5.95 Å². The lowest BCUT2D eigenvalue weighted by Crippen LogP contribution is -2.23. The predicted molar refractivity (Wildman–Crippen MR) is 70.0 cm³/mol. The Morgan fingerprint density at radius 2 is 2.12 bits per heavy atom. The van der Waals surface area contributed by atoms with Gasteiger partial charge in [-0.1, -0.05) is 13.8 Å². The van der Waals surface area contributed by atoms with E-state index in [9.17, 15) is 0 Å². The van der Waals surface area contributed by atoms with E-state index in [1.165, 1.54) is 12.8 Å². The molecule has 0 aliphatic carbocycles. The normalized spacial score (nSPS) is 15.8. The third-order valence-electron chi connectivity index (χ3n) is 2.95. The molecule has 0 bridgehead atoms. The average molecular weight is 234 g/mol. The van der Waals surface area contributed by atoms with Gasteiger partial charge >= 0.3 is 0 Å². The maximum atomic E-state index is 4.60. The highest BCUT2D eigenvalue weighted by molar-refractivity contribution is 5.31. The summed E-state index contributed by atoms with van der Waals surface area (Å²) in [6.45, 7) is 8.49. The summed E-state index contributed by atoms with van der Waals surface area (Å²) >= 11 is 0. The average Bonchev–Trinajstić information content (AvgIpc) is 2.82. The Morgan fingerprint density at radius 1 is 1.35 bits per heavy atom. The minimum atomic E-state index is 0.676. The molecule has 1 saturated heterocycles. The molecule has 0 atom stereocenters. The molecule has 4 heteroatoms. The highest BCUT2D eigenvalue weighted by atomic mass is 15.3. The first-order chi connectivity index (χ1) is 8.25. The molecule has 17 heavy (non-hydrogen) atoms. The summed E-state index contributed by atoms with van der Waals surface area (Å²) in [7, 11) is 0. The second-order valence-corrected chi connectivity index (χ2v) is 5.07. The van der Waals surface area contributed by atoms with Gasteiger partial charge in [0.25, 0.3) is 0 Å². The van der Waals surface area contributed by atoms with E-state index in [0.29, 0.717) is 5.92 Å². The zero-order valence-electron chi connectivity index (χ0n) is 10.8. The molecule has 4 nitrogen and oxygen atoms in total. The minimum absolute atomic E-state index is 0.676. The van der Waals surface area contributed by atoms with E-state index in [0.717, 1.165) is 37.8 Å². The minimum Gasteiger partial charge on any atom is -0.341 e. The van der Waals surface area contributed by atoms with Gasteiger partial charge in [0.15, 0.2) is 0 Å². The molecule has 1 aliphatic rings. The van der Waals surface area contributed by atoms with Gasteiger partial charge in [0.2, 0.25) is 5.95 Å². The summed E-state index contributed by atoms with van der Waals surface area (Å²) in [5.74, 6) is 1.57. The zero-order valence-corrected chi connectivity index (χ0v) is 10.8. The molecule has 1 fully saturated rings. The Kier molecular flexibility index (Phi) is 4.31. The summed E-state index contributed by atoms with van der Waals surface area (Å²) in [4.78, 5) is 11.2. The van der Waals surface area contributed by atoms with Crippen LogP contribution in [0.2, 0.25) is 0 Å². The predicted octanol–water partition coefficient (Wildman–Crippen LogP) is 1.82. The van der Waals surface area contributed by atoms with Gasteiger partial charge in [-0.25, -0.2) is 9.97 Å². The number of aromatic nitrogens is 2. The second kappa shape index (κ2) is 5.96. The van der Waals surface area contributed by atoms with E-state index in [-0.39, 0.29) is 0 Å². The van der Waals surface area contributed by atoms with E-state index < -0.39 is 0 Å². The van der Waals surface area contributed by atoms with Gasteiger partial charge in [0, 0.05) is 25.8 Å². The molecular weight excluding hydrogens is 212 g/mol. The lowest BCUT2D eigenvalue weighted by molar-refractivity contribution is 0.547. The lowest BCUT2D eigenvalue weighted by atomic mass is 10.2. The van der Waals surface area contributed by atoms with Crippen molar-refractivity contribution < 1.29 is 0 Å². The molecule has 0 aromatic carbocycles. The van der Waals surface area contributed by atoms with E-state index in [1.54, 1.807) is 0 Å². The van der Waals surface area contributed by atoms with Crippen LogP contribution in [-0.4, -0.2) is 29.6 Å². The van der Waals surface area contributed by atoms with Crippen LogP contribution in [0.25, 0.3) is 0 Å². The van der Waals surface area contributed by atoms with Crippen molar-refractivity contribution >= 4 is 5.95 Å². The fourth-order valence-corrected chi connectivity index (χ4v) is 2.04. The molecular formula is C13H22N4. The molecule has 0 radical (unpaired) electrons. The van der Waals surface area contributed by atoms with Crippen molar-refractivity contribution in [2.24, 2.45) is 5.92 Å². The number of anilines is 1. The third-order valence-corrected chi connectivity index (χ3v) is 2.95. The molecule has 2 rings (SSSR count). The Balaban J connectivity index is 1.91. The van der Waals surface area contributed by atoms with Crippen LogP contribution >= 0.6 is 0 Å². The number of hydrogen-bond acceptors (Lipinski definition) is 4. The van der Waals surface area contributed by atoms with Gasteiger partial charge in [0.05, 0.1) is 5.69 Å². The maximum absolute atomic E-state index is 4.60. The van der Waals surface area contributed by atoms with Crippen LogP contribution in [-0.2, 0) is 6.54 Å². The van der Waals surface area contributed by atoms with Crippen LogP contribution in [0.3, 0.4) is 0 Å². The Morgan fingerprint density at radius 3 is 2.82 bits per heavy atom. The van der Waals surface area contributed by atoms with Crippen LogP contribution in [0.5, 0.6) is 0 Å². The summed E-state index contributed by atoms with van der Waals surface area (Å²) in [6.07, 6.45) is 4.39. The number of rotatable bonds is 5. The van der Waals surface area contributed by atoms with Crippen LogP contribution in [0, 0.1) is 5.92 Å². The molecule has 1 aromatic heterocycles. The van der Waals surface area contributed by atoms with E-state index >= 15 is 0 Å². The van der Waals surface area contributed by atoms with Crippen molar-refractivity contribution in [3.05, 3.63) is 18.0 Å². The highest BCUT2D eigenvalue weighted by Crippen LogP contribution is 2.15. The molecule has 1 aromatic rings.